The maximum Gasteiger partial charge on any atom is 0.348 e. The Hall–Kier alpha value is -1.79. The number of thiophene rings is 1. The molecule has 18 heavy (non-hydrogen) atoms. The van der Waals surface area contributed by atoms with E-state index in [1.807, 2.05) is 24.3 Å². The molecule has 0 amide bonds. The SMILES string of the molecule is COC(=O)c1cc2c(C#CC(C)C)cccc2s1. The molecule has 0 aliphatic carbocycles. The van der Waals surface area contributed by atoms with Gasteiger partial charge < -0.3 is 4.74 Å². The van der Waals surface area contributed by atoms with Crippen LogP contribution in [0.3, 0.4) is 0 Å². The van der Waals surface area contributed by atoms with Crippen LogP contribution in [0.25, 0.3) is 10.1 Å². The predicted octanol–water partition coefficient (Wildman–Crippen LogP) is 3.70. The third-order valence-corrected chi connectivity index (χ3v) is 3.52. The van der Waals surface area contributed by atoms with E-state index in [1.54, 1.807) is 0 Å². The molecule has 0 N–H and O–H groups in total. The van der Waals surface area contributed by atoms with Gasteiger partial charge >= 0.3 is 5.97 Å². The van der Waals surface area contributed by atoms with Crippen molar-refractivity contribution in [3.8, 4) is 11.8 Å². The molecule has 0 fully saturated rings. The van der Waals surface area contributed by atoms with Gasteiger partial charge in [0.15, 0.2) is 0 Å². The summed E-state index contributed by atoms with van der Waals surface area (Å²) in [6.07, 6.45) is 0. The Bertz CT molecular complexity index is 641. The summed E-state index contributed by atoms with van der Waals surface area (Å²) in [4.78, 5) is 12.1. The van der Waals surface area contributed by atoms with Gasteiger partial charge in [-0.25, -0.2) is 4.79 Å². The predicted molar refractivity (Wildman–Crippen MR) is 74.9 cm³/mol. The first kappa shape index (κ1) is 12.7. The first-order valence-corrected chi connectivity index (χ1v) is 6.56. The Balaban J connectivity index is 2.53. The van der Waals surface area contributed by atoms with E-state index >= 15 is 0 Å². The van der Waals surface area contributed by atoms with Crippen LogP contribution in [-0.2, 0) is 4.74 Å². The monoisotopic (exact) mass is 258 g/mol. The highest BCUT2D eigenvalue weighted by molar-refractivity contribution is 7.20. The van der Waals surface area contributed by atoms with E-state index in [4.69, 9.17) is 4.74 Å². The van der Waals surface area contributed by atoms with Gasteiger partial charge in [-0.15, -0.1) is 11.3 Å². The topological polar surface area (TPSA) is 26.3 Å². The molecule has 3 heteroatoms. The van der Waals surface area contributed by atoms with Gasteiger partial charge in [-0.1, -0.05) is 31.8 Å². The molecular formula is C15H14O2S. The molecule has 2 rings (SSSR count). The number of esters is 1. The zero-order valence-corrected chi connectivity index (χ0v) is 11.4. The van der Waals surface area contributed by atoms with E-state index in [-0.39, 0.29) is 5.97 Å². The molecule has 2 nitrogen and oxygen atoms in total. The standard InChI is InChI=1S/C15H14O2S/c1-10(2)7-8-11-5-4-6-13-12(11)9-14(18-13)15(16)17-3/h4-6,9-10H,1-3H3. The van der Waals surface area contributed by atoms with Gasteiger partial charge in [-0.3, -0.25) is 0 Å². The number of methoxy groups -OCH3 is 1. The third kappa shape index (κ3) is 2.55. The van der Waals surface area contributed by atoms with Crippen LogP contribution in [0, 0.1) is 17.8 Å². The molecule has 0 saturated heterocycles. The minimum atomic E-state index is -0.293. The van der Waals surface area contributed by atoms with Crippen molar-refractivity contribution in [2.75, 3.05) is 7.11 Å². The first-order chi connectivity index (χ1) is 8.61. The molecule has 0 aliphatic heterocycles. The number of ether oxygens (including phenoxy) is 1. The molecule has 0 unspecified atom stereocenters. The van der Waals surface area contributed by atoms with Gasteiger partial charge in [0.2, 0.25) is 0 Å². The van der Waals surface area contributed by atoms with Crippen molar-refractivity contribution in [2.45, 2.75) is 13.8 Å². The van der Waals surface area contributed by atoms with Crippen LogP contribution in [0.2, 0.25) is 0 Å². The minimum Gasteiger partial charge on any atom is -0.465 e. The van der Waals surface area contributed by atoms with Crippen molar-refractivity contribution >= 4 is 27.4 Å². The fraction of sp³-hybridized carbons (Fsp3) is 0.267. The number of benzene rings is 1. The quantitative estimate of drug-likeness (QED) is 0.576. The zero-order valence-electron chi connectivity index (χ0n) is 10.6. The summed E-state index contributed by atoms with van der Waals surface area (Å²) >= 11 is 1.44. The molecule has 1 aromatic carbocycles. The second-order valence-electron chi connectivity index (χ2n) is 4.24. The van der Waals surface area contributed by atoms with E-state index < -0.39 is 0 Å². The van der Waals surface area contributed by atoms with Gasteiger partial charge in [0.05, 0.1) is 7.11 Å². The van der Waals surface area contributed by atoms with Crippen molar-refractivity contribution in [1.82, 2.24) is 0 Å². The molecule has 1 aromatic heterocycles. The highest BCUT2D eigenvalue weighted by atomic mass is 32.1. The summed E-state index contributed by atoms with van der Waals surface area (Å²) in [6.45, 7) is 4.11. The second-order valence-corrected chi connectivity index (χ2v) is 5.33. The number of carbonyl (C=O) groups excluding carboxylic acids is 1. The van der Waals surface area contributed by atoms with Gasteiger partial charge in [-0.2, -0.15) is 0 Å². The molecule has 0 atom stereocenters. The summed E-state index contributed by atoms with van der Waals surface area (Å²) < 4.78 is 5.80. The van der Waals surface area contributed by atoms with Crippen molar-refractivity contribution < 1.29 is 9.53 Å². The first-order valence-electron chi connectivity index (χ1n) is 5.74. The Labute approximate surface area is 111 Å². The van der Waals surface area contributed by atoms with Crippen LogP contribution in [0.4, 0.5) is 0 Å². The lowest BCUT2D eigenvalue weighted by atomic mass is 10.1. The van der Waals surface area contributed by atoms with E-state index in [2.05, 4.69) is 25.7 Å². The van der Waals surface area contributed by atoms with Crippen LogP contribution in [0.5, 0.6) is 0 Å². The summed E-state index contributed by atoms with van der Waals surface area (Å²) in [6, 6.07) is 7.79. The van der Waals surface area contributed by atoms with Gasteiger partial charge in [0, 0.05) is 21.6 Å². The average molecular weight is 258 g/mol. The van der Waals surface area contributed by atoms with Crippen molar-refractivity contribution in [3.05, 3.63) is 34.7 Å². The normalized spacial score (nSPS) is 10.2. The summed E-state index contributed by atoms with van der Waals surface area (Å²) in [5, 5.41) is 1.02. The highest BCUT2D eigenvalue weighted by Gasteiger charge is 2.11. The largest absolute Gasteiger partial charge is 0.465 e. The van der Waals surface area contributed by atoms with E-state index in [9.17, 15) is 4.79 Å². The van der Waals surface area contributed by atoms with E-state index in [0.29, 0.717) is 10.8 Å². The van der Waals surface area contributed by atoms with Crippen LogP contribution in [0.1, 0.15) is 29.1 Å². The van der Waals surface area contributed by atoms with Crippen LogP contribution < -0.4 is 0 Å². The maximum absolute atomic E-state index is 11.5. The molecular weight excluding hydrogens is 244 g/mol. The zero-order chi connectivity index (χ0) is 13.1. The molecule has 0 bridgehead atoms. The second kappa shape index (κ2) is 5.24. The highest BCUT2D eigenvalue weighted by Crippen LogP contribution is 2.28. The van der Waals surface area contributed by atoms with Crippen LogP contribution in [-0.4, -0.2) is 13.1 Å². The fourth-order valence-corrected chi connectivity index (χ4v) is 2.60. The fourth-order valence-electron chi connectivity index (χ4n) is 1.59. The Morgan fingerprint density at radius 1 is 1.39 bits per heavy atom. The van der Waals surface area contributed by atoms with Gasteiger partial charge in [0.25, 0.3) is 0 Å². The molecule has 1 heterocycles. The number of rotatable bonds is 1. The Morgan fingerprint density at radius 2 is 2.17 bits per heavy atom. The Morgan fingerprint density at radius 3 is 2.83 bits per heavy atom. The lowest BCUT2D eigenvalue weighted by Gasteiger charge is -1.94. The Kier molecular flexibility index (Phi) is 3.69. The van der Waals surface area contributed by atoms with Crippen molar-refractivity contribution in [1.29, 1.82) is 0 Å². The molecule has 2 aromatic rings. The van der Waals surface area contributed by atoms with Crippen molar-refractivity contribution in [2.24, 2.45) is 5.92 Å². The van der Waals surface area contributed by atoms with Gasteiger partial charge in [0.1, 0.15) is 4.88 Å². The molecule has 0 radical (unpaired) electrons. The molecule has 92 valence electrons. The van der Waals surface area contributed by atoms with Crippen LogP contribution in [0.15, 0.2) is 24.3 Å². The minimum absolute atomic E-state index is 0.293. The number of carbonyl (C=O) groups is 1. The number of hydrogen-bond donors (Lipinski definition) is 0. The smallest absolute Gasteiger partial charge is 0.348 e. The van der Waals surface area contributed by atoms with E-state index in [0.717, 1.165) is 15.6 Å². The molecule has 0 saturated carbocycles. The number of fused-ring (bicyclic) bond motifs is 1. The molecule has 0 aliphatic rings. The van der Waals surface area contributed by atoms with Crippen molar-refractivity contribution in [3.63, 3.8) is 0 Å². The summed E-state index contributed by atoms with van der Waals surface area (Å²) in [7, 11) is 1.40. The maximum atomic E-state index is 11.5. The average Bonchev–Trinajstić information content (AvgIpc) is 2.79. The van der Waals surface area contributed by atoms with Crippen LogP contribution >= 0.6 is 11.3 Å². The summed E-state index contributed by atoms with van der Waals surface area (Å²) in [5.74, 6) is 6.35. The van der Waals surface area contributed by atoms with E-state index in [1.165, 1.54) is 18.4 Å². The number of hydrogen-bond acceptors (Lipinski definition) is 3. The third-order valence-electron chi connectivity index (χ3n) is 2.44. The lowest BCUT2D eigenvalue weighted by molar-refractivity contribution is 0.0606. The van der Waals surface area contributed by atoms with Gasteiger partial charge in [-0.05, 0) is 18.2 Å². The summed E-state index contributed by atoms with van der Waals surface area (Å²) in [5.41, 5.74) is 0.965. The lowest BCUT2D eigenvalue weighted by Crippen LogP contribution is -1.96. The molecule has 0 spiro atoms.